The van der Waals surface area contributed by atoms with Crippen LogP contribution in [0.2, 0.25) is 0 Å². The van der Waals surface area contributed by atoms with Crippen LogP contribution in [0.15, 0.2) is 30.5 Å². The lowest BCUT2D eigenvalue weighted by atomic mass is 9.65. The van der Waals surface area contributed by atoms with Crippen molar-refractivity contribution in [3.63, 3.8) is 0 Å². The zero-order valence-corrected chi connectivity index (χ0v) is 10.6. The van der Waals surface area contributed by atoms with Crippen LogP contribution in [0.4, 0.5) is 0 Å². The molecule has 0 spiro atoms. The molecule has 0 amide bonds. The van der Waals surface area contributed by atoms with Gasteiger partial charge in [-0.3, -0.25) is 4.98 Å². The van der Waals surface area contributed by atoms with Gasteiger partial charge in [0.15, 0.2) is 0 Å². The Kier molecular flexibility index (Phi) is 2.71. The summed E-state index contributed by atoms with van der Waals surface area (Å²) < 4.78 is 5.27. The summed E-state index contributed by atoms with van der Waals surface area (Å²) in [5.74, 6) is 0.884. The van der Waals surface area contributed by atoms with E-state index in [2.05, 4.69) is 17.1 Å². The lowest BCUT2D eigenvalue weighted by Crippen LogP contribution is -2.42. The van der Waals surface area contributed by atoms with Gasteiger partial charge in [0.25, 0.3) is 0 Å². The molecule has 0 aliphatic heterocycles. The first-order valence-electron chi connectivity index (χ1n) is 6.42. The van der Waals surface area contributed by atoms with Gasteiger partial charge in [-0.05, 0) is 42.5 Å². The van der Waals surface area contributed by atoms with E-state index in [1.165, 1.54) is 17.2 Å². The van der Waals surface area contributed by atoms with E-state index < -0.39 is 0 Å². The van der Waals surface area contributed by atoms with Gasteiger partial charge in [-0.25, -0.2) is 0 Å². The van der Waals surface area contributed by atoms with E-state index in [0.29, 0.717) is 6.54 Å². The Bertz CT molecular complexity index is 570. The number of fused-ring (bicyclic) bond motifs is 1. The number of benzene rings is 1. The van der Waals surface area contributed by atoms with E-state index in [0.717, 1.165) is 24.3 Å². The highest BCUT2D eigenvalue weighted by Gasteiger charge is 2.39. The summed E-state index contributed by atoms with van der Waals surface area (Å²) in [7, 11) is 1.69. The predicted molar refractivity (Wildman–Crippen MR) is 72.9 cm³/mol. The molecule has 0 unspecified atom stereocenters. The average Bonchev–Trinajstić information content (AvgIpc) is 2.37. The summed E-state index contributed by atoms with van der Waals surface area (Å²) in [5.41, 5.74) is 7.25. The summed E-state index contributed by atoms with van der Waals surface area (Å²) in [5, 5.41) is 2.39. The number of nitrogens with two attached hydrogens (primary N) is 1. The van der Waals surface area contributed by atoms with Crippen LogP contribution in [0.25, 0.3) is 10.8 Å². The van der Waals surface area contributed by atoms with Crippen LogP contribution in [0.5, 0.6) is 5.75 Å². The zero-order valence-electron chi connectivity index (χ0n) is 10.6. The van der Waals surface area contributed by atoms with Gasteiger partial charge in [0.2, 0.25) is 0 Å². The molecule has 1 aliphatic rings. The molecule has 1 aliphatic carbocycles. The van der Waals surface area contributed by atoms with Crippen molar-refractivity contribution in [3.05, 3.63) is 36.2 Å². The van der Waals surface area contributed by atoms with Crippen LogP contribution in [0.3, 0.4) is 0 Å². The van der Waals surface area contributed by atoms with Crippen molar-refractivity contribution in [2.75, 3.05) is 13.7 Å². The van der Waals surface area contributed by atoms with Gasteiger partial charge < -0.3 is 10.5 Å². The Morgan fingerprint density at radius 3 is 2.78 bits per heavy atom. The molecule has 1 saturated carbocycles. The maximum atomic E-state index is 5.98. The lowest BCUT2D eigenvalue weighted by Gasteiger charge is -2.41. The second-order valence-electron chi connectivity index (χ2n) is 5.08. The van der Waals surface area contributed by atoms with Gasteiger partial charge in [-0.15, -0.1) is 0 Å². The zero-order chi connectivity index (χ0) is 12.6. The van der Waals surface area contributed by atoms with Crippen molar-refractivity contribution in [1.82, 2.24) is 4.98 Å². The molecule has 2 N–H and O–H groups in total. The second-order valence-corrected chi connectivity index (χ2v) is 5.08. The topological polar surface area (TPSA) is 48.1 Å². The Morgan fingerprint density at radius 1 is 1.33 bits per heavy atom. The smallest absolute Gasteiger partial charge is 0.119 e. The molecular weight excluding hydrogens is 224 g/mol. The van der Waals surface area contributed by atoms with E-state index in [9.17, 15) is 0 Å². The first-order chi connectivity index (χ1) is 8.79. The molecule has 0 bridgehead atoms. The van der Waals surface area contributed by atoms with Crippen molar-refractivity contribution in [3.8, 4) is 5.75 Å². The number of hydrogen-bond acceptors (Lipinski definition) is 3. The summed E-state index contributed by atoms with van der Waals surface area (Å²) >= 11 is 0. The second kappa shape index (κ2) is 4.25. The highest BCUT2D eigenvalue weighted by atomic mass is 16.5. The third-order valence-electron chi connectivity index (χ3n) is 4.18. The monoisotopic (exact) mass is 242 g/mol. The number of rotatable bonds is 3. The minimum atomic E-state index is 0.105. The van der Waals surface area contributed by atoms with Crippen LogP contribution < -0.4 is 10.5 Å². The molecule has 18 heavy (non-hydrogen) atoms. The molecule has 2 aromatic rings. The van der Waals surface area contributed by atoms with Crippen molar-refractivity contribution in [1.29, 1.82) is 0 Å². The maximum Gasteiger partial charge on any atom is 0.119 e. The van der Waals surface area contributed by atoms with Crippen LogP contribution in [0.1, 0.15) is 25.0 Å². The van der Waals surface area contributed by atoms with Gasteiger partial charge in [-0.2, -0.15) is 0 Å². The minimum absolute atomic E-state index is 0.105. The Labute approximate surface area is 107 Å². The van der Waals surface area contributed by atoms with E-state index in [1.807, 2.05) is 18.3 Å². The SMILES string of the molecule is COc1ccc2c(C3(CN)CCC3)nccc2c1. The van der Waals surface area contributed by atoms with Crippen LogP contribution >= 0.6 is 0 Å². The number of methoxy groups -OCH3 is 1. The molecule has 0 saturated heterocycles. The van der Waals surface area contributed by atoms with Crippen molar-refractivity contribution >= 4 is 10.8 Å². The number of hydrogen-bond donors (Lipinski definition) is 1. The fraction of sp³-hybridized carbons (Fsp3) is 0.400. The summed E-state index contributed by atoms with van der Waals surface area (Å²) in [6.07, 6.45) is 5.45. The summed E-state index contributed by atoms with van der Waals surface area (Å²) in [4.78, 5) is 4.61. The standard InChI is InChI=1S/C15H18N2O/c1-18-12-3-4-13-11(9-12)5-8-17-14(13)15(10-16)6-2-7-15/h3-5,8-9H,2,6-7,10,16H2,1H3. The Balaban J connectivity index is 2.18. The molecule has 0 atom stereocenters. The third-order valence-corrected chi connectivity index (χ3v) is 4.18. The fourth-order valence-electron chi connectivity index (χ4n) is 2.85. The van der Waals surface area contributed by atoms with Crippen LogP contribution in [0, 0.1) is 0 Å². The first kappa shape index (κ1) is 11.5. The maximum absolute atomic E-state index is 5.98. The average molecular weight is 242 g/mol. The highest BCUT2D eigenvalue weighted by Crippen LogP contribution is 2.44. The summed E-state index contributed by atoms with van der Waals surface area (Å²) in [6.45, 7) is 0.686. The largest absolute Gasteiger partial charge is 0.497 e. The van der Waals surface area contributed by atoms with Crippen molar-refractivity contribution in [2.24, 2.45) is 5.73 Å². The van der Waals surface area contributed by atoms with Crippen molar-refractivity contribution < 1.29 is 4.74 Å². The van der Waals surface area contributed by atoms with Crippen LogP contribution in [-0.4, -0.2) is 18.6 Å². The van der Waals surface area contributed by atoms with Gasteiger partial charge >= 0.3 is 0 Å². The molecule has 1 heterocycles. The van der Waals surface area contributed by atoms with E-state index >= 15 is 0 Å². The van der Waals surface area contributed by atoms with Gasteiger partial charge in [0.1, 0.15) is 5.75 Å². The third kappa shape index (κ3) is 1.58. The number of pyridine rings is 1. The van der Waals surface area contributed by atoms with Gasteiger partial charge in [-0.1, -0.05) is 6.42 Å². The minimum Gasteiger partial charge on any atom is -0.497 e. The Hall–Kier alpha value is -1.61. The van der Waals surface area contributed by atoms with E-state index in [-0.39, 0.29) is 5.41 Å². The number of nitrogens with zero attached hydrogens (tertiary/aromatic N) is 1. The molecule has 0 radical (unpaired) electrons. The molecule has 1 aromatic carbocycles. The molecule has 94 valence electrons. The Morgan fingerprint density at radius 2 is 2.17 bits per heavy atom. The first-order valence-corrected chi connectivity index (χ1v) is 6.42. The fourth-order valence-corrected chi connectivity index (χ4v) is 2.85. The molecule has 1 aromatic heterocycles. The van der Waals surface area contributed by atoms with Gasteiger partial charge in [0, 0.05) is 23.5 Å². The normalized spacial score (nSPS) is 17.4. The number of aromatic nitrogens is 1. The predicted octanol–water partition coefficient (Wildman–Crippen LogP) is 2.62. The molecule has 3 rings (SSSR count). The molecule has 1 fully saturated rings. The van der Waals surface area contributed by atoms with Gasteiger partial charge in [0.05, 0.1) is 12.8 Å². The lowest BCUT2D eigenvalue weighted by molar-refractivity contribution is 0.248. The quantitative estimate of drug-likeness (QED) is 0.900. The van der Waals surface area contributed by atoms with Crippen molar-refractivity contribution in [2.45, 2.75) is 24.7 Å². The molecular formula is C15H18N2O. The van der Waals surface area contributed by atoms with E-state index in [4.69, 9.17) is 10.5 Å². The highest BCUT2D eigenvalue weighted by molar-refractivity contribution is 5.86. The summed E-state index contributed by atoms with van der Waals surface area (Å²) in [6, 6.07) is 8.19. The molecule has 3 nitrogen and oxygen atoms in total. The van der Waals surface area contributed by atoms with Crippen LogP contribution in [-0.2, 0) is 5.41 Å². The van der Waals surface area contributed by atoms with E-state index in [1.54, 1.807) is 7.11 Å². The molecule has 3 heteroatoms. The number of ether oxygens (including phenoxy) is 1.